The molecule has 4 heterocycles. The molecule has 2 aromatic carbocycles. The number of hydrogen-bond donors (Lipinski definition) is 3. The molecule has 47 heavy (non-hydrogen) atoms. The second-order valence-electron chi connectivity index (χ2n) is 13.2. The summed E-state index contributed by atoms with van der Waals surface area (Å²) in [6.45, 7) is 3.76. The summed E-state index contributed by atoms with van der Waals surface area (Å²) in [6.07, 6.45) is 3.37. The fourth-order valence-corrected chi connectivity index (χ4v) is 7.90. The number of benzene rings is 2. The highest BCUT2D eigenvalue weighted by atomic mass is 32.2. The van der Waals surface area contributed by atoms with Crippen molar-refractivity contribution in [1.82, 2.24) is 20.4 Å². The molecule has 0 saturated carbocycles. The smallest absolute Gasteiger partial charge is 0.255 e. The summed E-state index contributed by atoms with van der Waals surface area (Å²) in [5, 5.41) is 16.9. The lowest BCUT2D eigenvalue weighted by molar-refractivity contribution is -0.135. The average Bonchev–Trinajstić information content (AvgIpc) is 3.47. The summed E-state index contributed by atoms with van der Waals surface area (Å²) in [6, 6.07) is 11.2. The van der Waals surface area contributed by atoms with E-state index in [-0.39, 0.29) is 54.0 Å². The van der Waals surface area contributed by atoms with Crippen molar-refractivity contribution < 1.29 is 37.4 Å². The number of piperidine rings is 1. The van der Waals surface area contributed by atoms with Gasteiger partial charge in [0.1, 0.15) is 11.9 Å². The SMILES string of the molecule is CC(=O)N1CCC(N2C[C@@H]3C[C@H]2C(=O)NC[C@H]2O[C@H](CCOc4cc(-c5ccc(S(C)(=O)=O)cc5)ccc4C(=O)N3)CC[C@@H]2O)CC1. The minimum absolute atomic E-state index is 0.0426. The number of nitrogens with zero attached hydrogens (tertiary/aromatic N) is 2. The van der Waals surface area contributed by atoms with Crippen molar-refractivity contribution in [2.45, 2.75) is 86.8 Å². The van der Waals surface area contributed by atoms with Gasteiger partial charge in [-0.2, -0.15) is 0 Å². The highest BCUT2D eigenvalue weighted by molar-refractivity contribution is 7.90. The first kappa shape index (κ1) is 33.4. The lowest BCUT2D eigenvalue weighted by Gasteiger charge is -2.39. The molecule has 0 aliphatic carbocycles. The van der Waals surface area contributed by atoms with Crippen LogP contribution >= 0.6 is 0 Å². The summed E-state index contributed by atoms with van der Waals surface area (Å²) in [5.41, 5.74) is 1.91. The molecule has 3 amide bonds. The van der Waals surface area contributed by atoms with Gasteiger partial charge in [-0.05, 0) is 67.5 Å². The number of ether oxygens (including phenoxy) is 2. The molecular formula is C34H44N4O8S. The van der Waals surface area contributed by atoms with Gasteiger partial charge in [0, 0.05) is 57.9 Å². The highest BCUT2D eigenvalue weighted by Gasteiger charge is 2.42. The molecule has 4 bridgehead atoms. The molecule has 0 spiro atoms. The fourth-order valence-electron chi connectivity index (χ4n) is 7.27. The van der Waals surface area contributed by atoms with Gasteiger partial charge in [0.15, 0.2) is 9.84 Å². The molecule has 0 unspecified atom stereocenters. The van der Waals surface area contributed by atoms with Crippen LogP contribution in [0, 0.1) is 0 Å². The zero-order chi connectivity index (χ0) is 33.3. The summed E-state index contributed by atoms with van der Waals surface area (Å²) < 4.78 is 36.4. The Bertz CT molecular complexity index is 1590. The Morgan fingerprint density at radius 2 is 1.70 bits per heavy atom. The predicted molar refractivity (Wildman–Crippen MR) is 174 cm³/mol. The molecule has 13 heteroatoms. The third kappa shape index (κ3) is 7.64. The van der Waals surface area contributed by atoms with Gasteiger partial charge < -0.3 is 30.1 Å². The number of sulfone groups is 1. The number of aliphatic hydroxyl groups excluding tert-OH is 1. The predicted octanol–water partition coefficient (Wildman–Crippen LogP) is 1.75. The Hall–Kier alpha value is -3.52. The number of likely N-dealkylation sites (tertiary alicyclic amines) is 2. The molecule has 4 aliphatic rings. The van der Waals surface area contributed by atoms with Crippen LogP contribution in [0.5, 0.6) is 5.75 Å². The van der Waals surface area contributed by atoms with Crippen LogP contribution in [0.3, 0.4) is 0 Å². The number of rotatable bonds is 3. The van der Waals surface area contributed by atoms with Crippen LogP contribution in [0.15, 0.2) is 47.4 Å². The maximum absolute atomic E-state index is 13.8. The summed E-state index contributed by atoms with van der Waals surface area (Å²) in [7, 11) is -3.34. The number of fused-ring (bicyclic) bond motifs is 5. The van der Waals surface area contributed by atoms with Gasteiger partial charge in [-0.25, -0.2) is 8.42 Å². The molecule has 5 atom stereocenters. The van der Waals surface area contributed by atoms with Crippen molar-refractivity contribution in [3.8, 4) is 16.9 Å². The van der Waals surface area contributed by atoms with Crippen molar-refractivity contribution in [1.29, 1.82) is 0 Å². The van der Waals surface area contributed by atoms with Crippen molar-refractivity contribution in [2.24, 2.45) is 0 Å². The third-order valence-electron chi connectivity index (χ3n) is 9.95. The Kier molecular flexibility index (Phi) is 9.88. The van der Waals surface area contributed by atoms with E-state index < -0.39 is 28.1 Å². The van der Waals surface area contributed by atoms with Gasteiger partial charge in [0.05, 0.1) is 35.3 Å². The largest absolute Gasteiger partial charge is 0.493 e. The van der Waals surface area contributed by atoms with E-state index in [1.54, 1.807) is 43.3 Å². The summed E-state index contributed by atoms with van der Waals surface area (Å²) in [5.74, 6) is -0.0231. The van der Waals surface area contributed by atoms with Crippen LogP contribution in [0.2, 0.25) is 0 Å². The normalized spacial score (nSPS) is 28.1. The molecule has 3 saturated heterocycles. The molecule has 254 valence electrons. The molecule has 3 fully saturated rings. The molecule has 6 rings (SSSR count). The number of hydrogen-bond acceptors (Lipinski definition) is 9. The Morgan fingerprint density at radius 3 is 2.40 bits per heavy atom. The van der Waals surface area contributed by atoms with E-state index in [0.717, 1.165) is 24.0 Å². The zero-order valence-electron chi connectivity index (χ0n) is 26.9. The number of nitrogens with one attached hydrogen (secondary N) is 2. The van der Waals surface area contributed by atoms with E-state index in [2.05, 4.69) is 15.5 Å². The highest BCUT2D eigenvalue weighted by Crippen LogP contribution is 2.31. The van der Waals surface area contributed by atoms with Crippen molar-refractivity contribution in [3.63, 3.8) is 0 Å². The summed E-state index contributed by atoms with van der Waals surface area (Å²) >= 11 is 0. The van der Waals surface area contributed by atoms with Gasteiger partial charge in [-0.3, -0.25) is 19.3 Å². The van der Waals surface area contributed by atoms with Crippen LogP contribution in [0.1, 0.15) is 55.8 Å². The van der Waals surface area contributed by atoms with Gasteiger partial charge in [0.2, 0.25) is 11.8 Å². The van der Waals surface area contributed by atoms with Crippen LogP contribution in [0.4, 0.5) is 0 Å². The van der Waals surface area contributed by atoms with Crippen molar-refractivity contribution in [3.05, 3.63) is 48.0 Å². The number of amides is 3. The van der Waals surface area contributed by atoms with E-state index in [9.17, 15) is 27.9 Å². The first-order valence-corrected chi connectivity index (χ1v) is 18.4. The van der Waals surface area contributed by atoms with Crippen LogP contribution < -0.4 is 15.4 Å². The monoisotopic (exact) mass is 668 g/mol. The van der Waals surface area contributed by atoms with E-state index in [1.807, 2.05) is 11.0 Å². The first-order valence-electron chi connectivity index (χ1n) is 16.5. The Labute approximate surface area is 275 Å². The van der Waals surface area contributed by atoms with E-state index in [0.29, 0.717) is 56.6 Å². The number of aliphatic hydroxyl groups is 1. The van der Waals surface area contributed by atoms with Crippen molar-refractivity contribution >= 4 is 27.6 Å². The molecular weight excluding hydrogens is 624 g/mol. The van der Waals surface area contributed by atoms with Crippen LogP contribution in [0.25, 0.3) is 11.1 Å². The quantitative estimate of drug-likeness (QED) is 0.444. The minimum Gasteiger partial charge on any atom is -0.493 e. The third-order valence-corrected chi connectivity index (χ3v) is 11.1. The van der Waals surface area contributed by atoms with E-state index >= 15 is 0 Å². The van der Waals surface area contributed by atoms with Gasteiger partial charge in [0.25, 0.3) is 5.91 Å². The van der Waals surface area contributed by atoms with Crippen LogP contribution in [-0.4, -0.2) is 117 Å². The maximum atomic E-state index is 13.8. The topological polar surface area (TPSA) is 155 Å². The summed E-state index contributed by atoms with van der Waals surface area (Å²) in [4.78, 5) is 43.6. The molecule has 4 aliphatic heterocycles. The molecule has 2 aromatic rings. The molecule has 0 radical (unpaired) electrons. The lowest BCUT2D eigenvalue weighted by Crippen LogP contribution is -2.54. The maximum Gasteiger partial charge on any atom is 0.255 e. The molecule has 3 N–H and O–H groups in total. The minimum atomic E-state index is -3.34. The standard InChI is InChI=1S/C34H44N4O8S/c1-21(39)37-14-11-25(12-15-37)38-20-24-18-29(38)34(42)35-19-32-30(40)10-6-26(46-32)13-16-45-31-17-23(5-9-28(31)33(41)36-24)22-3-7-27(8-4-22)47(2,43)44/h3-5,7-9,17,24-26,29-30,32,40H,6,10-16,18-20H2,1-2H3,(H,35,42)(H,36,41)/t24-,26-,29-,30-,32+/m0/s1. The van der Waals surface area contributed by atoms with E-state index in [4.69, 9.17) is 9.47 Å². The Morgan fingerprint density at radius 1 is 0.979 bits per heavy atom. The van der Waals surface area contributed by atoms with Gasteiger partial charge >= 0.3 is 0 Å². The molecule has 12 nitrogen and oxygen atoms in total. The van der Waals surface area contributed by atoms with E-state index in [1.165, 1.54) is 6.26 Å². The molecule has 0 aromatic heterocycles. The van der Waals surface area contributed by atoms with Crippen LogP contribution in [-0.2, 0) is 24.2 Å². The number of carbonyl (C=O) groups excluding carboxylic acids is 3. The first-order chi connectivity index (χ1) is 22.5. The fraction of sp³-hybridized carbons (Fsp3) is 0.559. The van der Waals surface area contributed by atoms with Gasteiger partial charge in [-0.1, -0.05) is 18.2 Å². The zero-order valence-corrected chi connectivity index (χ0v) is 27.7. The number of carbonyl (C=O) groups is 3. The second-order valence-corrected chi connectivity index (χ2v) is 15.2. The van der Waals surface area contributed by atoms with Gasteiger partial charge in [-0.15, -0.1) is 0 Å². The average molecular weight is 669 g/mol. The lowest BCUT2D eigenvalue weighted by atomic mass is 9.99. The Balaban J connectivity index is 1.28. The second kappa shape index (κ2) is 13.9. The van der Waals surface area contributed by atoms with Crippen molar-refractivity contribution in [2.75, 3.05) is 39.0 Å².